The SMILES string of the molecule is COC=C(C=C(C=O)C=C(C)OC)OC. The van der Waals surface area contributed by atoms with Crippen molar-refractivity contribution in [3.63, 3.8) is 0 Å². The number of hydrogen-bond donors (Lipinski definition) is 0. The molecule has 0 aromatic heterocycles. The van der Waals surface area contributed by atoms with Gasteiger partial charge in [-0.3, -0.25) is 4.79 Å². The monoisotopic (exact) mass is 212 g/mol. The van der Waals surface area contributed by atoms with Gasteiger partial charge < -0.3 is 14.2 Å². The first-order chi connectivity index (χ1) is 7.17. The van der Waals surface area contributed by atoms with Crippen LogP contribution in [0.1, 0.15) is 6.92 Å². The molecule has 0 fully saturated rings. The summed E-state index contributed by atoms with van der Waals surface area (Å²) in [5, 5.41) is 0. The third-order valence-electron chi connectivity index (χ3n) is 1.61. The van der Waals surface area contributed by atoms with E-state index < -0.39 is 0 Å². The van der Waals surface area contributed by atoms with E-state index in [1.807, 2.05) is 0 Å². The van der Waals surface area contributed by atoms with E-state index in [9.17, 15) is 4.79 Å². The van der Waals surface area contributed by atoms with Gasteiger partial charge in [0, 0.05) is 5.57 Å². The number of methoxy groups -OCH3 is 3. The van der Waals surface area contributed by atoms with E-state index in [1.54, 1.807) is 19.1 Å². The van der Waals surface area contributed by atoms with E-state index in [1.165, 1.54) is 27.6 Å². The van der Waals surface area contributed by atoms with E-state index in [-0.39, 0.29) is 0 Å². The highest BCUT2D eigenvalue weighted by atomic mass is 16.5. The molecule has 15 heavy (non-hydrogen) atoms. The van der Waals surface area contributed by atoms with Gasteiger partial charge in [-0.2, -0.15) is 0 Å². The molecule has 0 radical (unpaired) electrons. The van der Waals surface area contributed by atoms with Gasteiger partial charge in [0.05, 0.1) is 27.1 Å². The Morgan fingerprint density at radius 1 is 1.07 bits per heavy atom. The number of ether oxygens (including phenoxy) is 3. The van der Waals surface area contributed by atoms with E-state index in [4.69, 9.17) is 14.2 Å². The summed E-state index contributed by atoms with van der Waals surface area (Å²) >= 11 is 0. The minimum absolute atomic E-state index is 0.444. The fraction of sp³-hybridized carbons (Fsp3) is 0.364. The largest absolute Gasteiger partial charge is 0.501 e. The third-order valence-corrected chi connectivity index (χ3v) is 1.61. The van der Waals surface area contributed by atoms with Crippen LogP contribution in [0.4, 0.5) is 0 Å². The van der Waals surface area contributed by atoms with Gasteiger partial charge >= 0.3 is 0 Å². The molecule has 4 heteroatoms. The molecule has 0 bridgehead atoms. The van der Waals surface area contributed by atoms with Crippen molar-refractivity contribution < 1.29 is 19.0 Å². The number of allylic oxidation sites excluding steroid dienone is 4. The second-order valence-electron chi connectivity index (χ2n) is 2.68. The molecule has 84 valence electrons. The first kappa shape index (κ1) is 13.3. The first-order valence-corrected chi connectivity index (χ1v) is 4.34. The second-order valence-corrected chi connectivity index (χ2v) is 2.68. The fourth-order valence-corrected chi connectivity index (χ4v) is 0.825. The lowest BCUT2D eigenvalue weighted by molar-refractivity contribution is -0.104. The van der Waals surface area contributed by atoms with Crippen molar-refractivity contribution >= 4 is 6.29 Å². The second kappa shape index (κ2) is 7.67. The summed E-state index contributed by atoms with van der Waals surface area (Å²) in [4.78, 5) is 10.7. The predicted molar refractivity (Wildman–Crippen MR) is 57.0 cm³/mol. The van der Waals surface area contributed by atoms with Crippen molar-refractivity contribution in [3.05, 3.63) is 35.5 Å². The Hall–Kier alpha value is -1.71. The Kier molecular flexibility index (Phi) is 6.80. The van der Waals surface area contributed by atoms with Crippen LogP contribution in [0.5, 0.6) is 0 Å². The summed E-state index contributed by atoms with van der Waals surface area (Å²) in [5.74, 6) is 1.10. The quantitative estimate of drug-likeness (QED) is 0.291. The molecule has 0 aliphatic rings. The number of hydrogen-bond acceptors (Lipinski definition) is 4. The fourth-order valence-electron chi connectivity index (χ4n) is 0.825. The van der Waals surface area contributed by atoms with Gasteiger partial charge in [0.15, 0.2) is 5.76 Å². The highest BCUT2D eigenvalue weighted by Gasteiger charge is 1.97. The molecule has 0 N–H and O–H groups in total. The zero-order valence-electron chi connectivity index (χ0n) is 9.44. The van der Waals surface area contributed by atoms with Gasteiger partial charge in [0.1, 0.15) is 12.5 Å². The summed E-state index contributed by atoms with van der Waals surface area (Å²) in [6.45, 7) is 1.75. The molecular formula is C11H16O4. The average molecular weight is 212 g/mol. The van der Waals surface area contributed by atoms with Crippen LogP contribution >= 0.6 is 0 Å². The van der Waals surface area contributed by atoms with Crippen molar-refractivity contribution in [1.82, 2.24) is 0 Å². The molecule has 0 aromatic rings. The van der Waals surface area contributed by atoms with Crippen molar-refractivity contribution in [2.45, 2.75) is 6.92 Å². The average Bonchev–Trinajstić information content (AvgIpc) is 2.26. The number of carbonyl (C=O) groups excluding carboxylic acids is 1. The van der Waals surface area contributed by atoms with E-state index in [0.717, 1.165) is 0 Å². The van der Waals surface area contributed by atoms with E-state index in [2.05, 4.69) is 0 Å². The third kappa shape index (κ3) is 5.57. The number of rotatable bonds is 6. The Labute approximate surface area is 89.8 Å². The molecule has 0 aromatic carbocycles. The minimum Gasteiger partial charge on any atom is -0.501 e. The van der Waals surface area contributed by atoms with Crippen LogP contribution in [-0.4, -0.2) is 27.6 Å². The minimum atomic E-state index is 0.444. The zero-order chi connectivity index (χ0) is 11.7. The standard InChI is InChI=1S/C11H16O4/c1-9(14-3)5-10(7-12)6-11(15-4)8-13-2/h5-8H,1-4H3. The Morgan fingerprint density at radius 3 is 2.13 bits per heavy atom. The van der Waals surface area contributed by atoms with Crippen molar-refractivity contribution in [1.29, 1.82) is 0 Å². The topological polar surface area (TPSA) is 44.8 Å². The van der Waals surface area contributed by atoms with Crippen molar-refractivity contribution in [2.24, 2.45) is 0 Å². The zero-order valence-corrected chi connectivity index (χ0v) is 9.44. The van der Waals surface area contributed by atoms with Crippen LogP contribution in [0.3, 0.4) is 0 Å². The molecule has 0 rings (SSSR count). The smallest absolute Gasteiger partial charge is 0.153 e. The molecule has 0 saturated heterocycles. The molecule has 0 saturated carbocycles. The lowest BCUT2D eigenvalue weighted by Gasteiger charge is -2.01. The molecule has 0 heterocycles. The van der Waals surface area contributed by atoms with Gasteiger partial charge in [-0.1, -0.05) is 0 Å². The van der Waals surface area contributed by atoms with Crippen LogP contribution in [0.25, 0.3) is 0 Å². The molecular weight excluding hydrogens is 196 g/mol. The number of aldehydes is 1. The normalized spacial score (nSPS) is 13.5. The summed E-state index contributed by atoms with van der Waals surface area (Å²) in [6, 6.07) is 0. The molecule has 0 aliphatic heterocycles. The summed E-state index contributed by atoms with van der Waals surface area (Å²) in [5.41, 5.74) is 0.444. The summed E-state index contributed by atoms with van der Waals surface area (Å²) < 4.78 is 14.7. The highest BCUT2D eigenvalue weighted by molar-refractivity contribution is 5.78. The molecule has 0 aliphatic carbocycles. The summed E-state index contributed by atoms with van der Waals surface area (Å²) in [6.07, 6.45) is 5.28. The van der Waals surface area contributed by atoms with Crippen LogP contribution in [-0.2, 0) is 19.0 Å². The number of carbonyl (C=O) groups is 1. The van der Waals surface area contributed by atoms with Crippen LogP contribution in [0.15, 0.2) is 35.5 Å². The maximum Gasteiger partial charge on any atom is 0.153 e. The Balaban J connectivity index is 4.86. The van der Waals surface area contributed by atoms with Crippen LogP contribution in [0.2, 0.25) is 0 Å². The van der Waals surface area contributed by atoms with Gasteiger partial charge in [0.25, 0.3) is 0 Å². The Morgan fingerprint density at radius 2 is 1.73 bits per heavy atom. The Bertz CT molecular complexity index is 287. The molecule has 0 unspecified atom stereocenters. The highest BCUT2D eigenvalue weighted by Crippen LogP contribution is 2.06. The summed E-state index contributed by atoms with van der Waals surface area (Å²) in [7, 11) is 4.54. The van der Waals surface area contributed by atoms with Gasteiger partial charge in [-0.25, -0.2) is 0 Å². The van der Waals surface area contributed by atoms with Gasteiger partial charge in [0.2, 0.25) is 0 Å². The van der Waals surface area contributed by atoms with Crippen molar-refractivity contribution in [2.75, 3.05) is 21.3 Å². The molecule has 0 atom stereocenters. The maximum atomic E-state index is 10.7. The molecule has 0 amide bonds. The molecule has 4 nitrogen and oxygen atoms in total. The maximum absolute atomic E-state index is 10.7. The predicted octanol–water partition coefficient (Wildman–Crippen LogP) is 1.80. The van der Waals surface area contributed by atoms with E-state index >= 15 is 0 Å². The van der Waals surface area contributed by atoms with Crippen LogP contribution < -0.4 is 0 Å². The first-order valence-electron chi connectivity index (χ1n) is 4.34. The van der Waals surface area contributed by atoms with Gasteiger partial charge in [-0.15, -0.1) is 0 Å². The van der Waals surface area contributed by atoms with Crippen LogP contribution in [0, 0.1) is 0 Å². The lowest BCUT2D eigenvalue weighted by Crippen LogP contribution is -1.90. The van der Waals surface area contributed by atoms with Crippen molar-refractivity contribution in [3.8, 4) is 0 Å². The van der Waals surface area contributed by atoms with Gasteiger partial charge in [-0.05, 0) is 19.1 Å². The lowest BCUT2D eigenvalue weighted by atomic mass is 10.2. The molecule has 0 spiro atoms. The van der Waals surface area contributed by atoms with E-state index in [0.29, 0.717) is 23.4 Å².